The van der Waals surface area contributed by atoms with Crippen LogP contribution >= 0.6 is 11.6 Å². The van der Waals surface area contributed by atoms with Crippen molar-refractivity contribution in [3.63, 3.8) is 0 Å². The number of hydrogen-bond donors (Lipinski definition) is 1. The standard InChI is InChI=1S/C24H32ClN3O4S/c1-5-14-26-24(30)22(6-2)27(16-19-11-7-8-13-21(19)25)23(29)17-28(33(4,31)32)20-12-9-10-18(3)15-20/h7-13,15,22H,5-6,14,16-17H2,1-4H3,(H,26,30). The molecule has 1 N–H and O–H groups in total. The van der Waals surface area contributed by atoms with Crippen LogP contribution in [0.5, 0.6) is 0 Å². The average molecular weight is 494 g/mol. The van der Waals surface area contributed by atoms with E-state index in [2.05, 4.69) is 5.32 Å². The molecule has 1 atom stereocenters. The van der Waals surface area contributed by atoms with Crippen molar-refractivity contribution in [2.24, 2.45) is 0 Å². The highest BCUT2D eigenvalue weighted by molar-refractivity contribution is 7.92. The van der Waals surface area contributed by atoms with Crippen molar-refractivity contribution in [1.82, 2.24) is 10.2 Å². The number of anilines is 1. The van der Waals surface area contributed by atoms with E-state index in [4.69, 9.17) is 11.6 Å². The lowest BCUT2D eigenvalue weighted by molar-refractivity contribution is -0.140. The van der Waals surface area contributed by atoms with E-state index in [0.717, 1.165) is 22.5 Å². The van der Waals surface area contributed by atoms with Gasteiger partial charge >= 0.3 is 0 Å². The van der Waals surface area contributed by atoms with E-state index in [1.54, 1.807) is 42.5 Å². The Kier molecular flexibility index (Phi) is 9.73. The quantitative estimate of drug-likeness (QED) is 0.516. The zero-order valence-corrected chi connectivity index (χ0v) is 21.1. The fourth-order valence-corrected chi connectivity index (χ4v) is 4.53. The number of nitrogens with zero attached hydrogens (tertiary/aromatic N) is 2. The Hall–Kier alpha value is -2.58. The van der Waals surface area contributed by atoms with E-state index in [1.165, 1.54) is 4.90 Å². The van der Waals surface area contributed by atoms with E-state index < -0.39 is 28.5 Å². The third-order valence-corrected chi connectivity index (χ3v) is 6.71. The number of aryl methyl sites for hydroxylation is 1. The van der Waals surface area contributed by atoms with Gasteiger partial charge in [-0.2, -0.15) is 0 Å². The fraction of sp³-hybridized carbons (Fsp3) is 0.417. The summed E-state index contributed by atoms with van der Waals surface area (Å²) in [5.74, 6) is -0.762. The highest BCUT2D eigenvalue weighted by Gasteiger charge is 2.31. The Morgan fingerprint density at radius 3 is 2.36 bits per heavy atom. The Balaban J connectivity index is 2.44. The summed E-state index contributed by atoms with van der Waals surface area (Å²) in [7, 11) is -3.75. The summed E-state index contributed by atoms with van der Waals surface area (Å²) < 4.78 is 26.2. The number of halogens is 1. The monoisotopic (exact) mass is 493 g/mol. The van der Waals surface area contributed by atoms with Crippen molar-refractivity contribution in [2.75, 3.05) is 23.7 Å². The molecule has 0 aliphatic rings. The molecule has 0 aromatic heterocycles. The molecule has 33 heavy (non-hydrogen) atoms. The average Bonchev–Trinajstić information content (AvgIpc) is 2.76. The van der Waals surface area contributed by atoms with Gasteiger partial charge in [-0.15, -0.1) is 0 Å². The van der Waals surface area contributed by atoms with Gasteiger partial charge in [0.2, 0.25) is 21.8 Å². The van der Waals surface area contributed by atoms with Crippen LogP contribution in [-0.4, -0.2) is 50.5 Å². The lowest BCUT2D eigenvalue weighted by Gasteiger charge is -2.33. The van der Waals surface area contributed by atoms with E-state index in [-0.39, 0.29) is 12.5 Å². The van der Waals surface area contributed by atoms with Crippen LogP contribution in [0.1, 0.15) is 37.8 Å². The van der Waals surface area contributed by atoms with Gasteiger partial charge in [0.15, 0.2) is 0 Å². The third kappa shape index (κ3) is 7.47. The van der Waals surface area contributed by atoms with Gasteiger partial charge in [0.1, 0.15) is 12.6 Å². The molecule has 0 saturated heterocycles. The molecule has 7 nitrogen and oxygen atoms in total. The summed E-state index contributed by atoms with van der Waals surface area (Å²) in [6, 6.07) is 13.3. The van der Waals surface area contributed by atoms with Crippen LogP contribution in [0.25, 0.3) is 0 Å². The predicted octanol–water partition coefficient (Wildman–Crippen LogP) is 3.75. The number of carbonyl (C=O) groups is 2. The summed E-state index contributed by atoms with van der Waals surface area (Å²) in [4.78, 5) is 27.8. The van der Waals surface area contributed by atoms with Crippen LogP contribution in [0, 0.1) is 6.92 Å². The van der Waals surface area contributed by atoms with Gasteiger partial charge in [-0.25, -0.2) is 8.42 Å². The molecule has 0 saturated carbocycles. The largest absolute Gasteiger partial charge is 0.354 e. The first-order chi connectivity index (χ1) is 15.6. The van der Waals surface area contributed by atoms with Crippen LogP contribution < -0.4 is 9.62 Å². The highest BCUT2D eigenvalue weighted by atomic mass is 35.5. The van der Waals surface area contributed by atoms with Gasteiger partial charge in [-0.05, 0) is 49.1 Å². The lowest BCUT2D eigenvalue weighted by Crippen LogP contribution is -2.52. The minimum Gasteiger partial charge on any atom is -0.354 e. The first-order valence-corrected chi connectivity index (χ1v) is 13.2. The summed E-state index contributed by atoms with van der Waals surface area (Å²) >= 11 is 6.33. The molecule has 0 aliphatic carbocycles. The minimum atomic E-state index is -3.75. The van der Waals surface area contributed by atoms with Crippen molar-refractivity contribution < 1.29 is 18.0 Å². The molecule has 0 spiro atoms. The summed E-state index contributed by atoms with van der Waals surface area (Å²) in [5.41, 5.74) is 1.94. The zero-order chi connectivity index (χ0) is 24.6. The molecule has 1 unspecified atom stereocenters. The SMILES string of the molecule is CCCNC(=O)C(CC)N(Cc1ccccc1Cl)C(=O)CN(c1cccc(C)c1)S(C)(=O)=O. The number of rotatable bonds is 11. The van der Waals surface area contributed by atoms with Crippen LogP contribution in [0.15, 0.2) is 48.5 Å². The highest BCUT2D eigenvalue weighted by Crippen LogP contribution is 2.22. The Labute approximate surface area is 201 Å². The van der Waals surface area contributed by atoms with E-state index >= 15 is 0 Å². The summed E-state index contributed by atoms with van der Waals surface area (Å²) in [5, 5.41) is 3.31. The van der Waals surface area contributed by atoms with E-state index in [1.807, 2.05) is 26.8 Å². The van der Waals surface area contributed by atoms with Gasteiger partial charge in [-0.1, -0.05) is 55.8 Å². The lowest BCUT2D eigenvalue weighted by atomic mass is 10.1. The van der Waals surface area contributed by atoms with Crippen LogP contribution in [0.3, 0.4) is 0 Å². The topological polar surface area (TPSA) is 86.8 Å². The minimum absolute atomic E-state index is 0.0853. The number of carbonyl (C=O) groups excluding carboxylic acids is 2. The van der Waals surface area contributed by atoms with Crippen molar-refractivity contribution in [3.05, 3.63) is 64.7 Å². The van der Waals surface area contributed by atoms with Crippen LogP contribution in [-0.2, 0) is 26.2 Å². The van der Waals surface area contributed by atoms with E-state index in [0.29, 0.717) is 29.2 Å². The first kappa shape index (κ1) is 26.7. The second kappa shape index (κ2) is 12.0. The summed E-state index contributed by atoms with van der Waals surface area (Å²) in [6.45, 7) is 5.76. The smallest absolute Gasteiger partial charge is 0.244 e. The molecule has 2 rings (SSSR count). The number of nitrogens with one attached hydrogen (secondary N) is 1. The number of benzene rings is 2. The summed E-state index contributed by atoms with van der Waals surface area (Å²) in [6.07, 6.45) is 2.19. The maximum Gasteiger partial charge on any atom is 0.244 e. The van der Waals surface area contributed by atoms with Gasteiger partial charge in [0, 0.05) is 18.1 Å². The fourth-order valence-electron chi connectivity index (χ4n) is 3.49. The second-order valence-electron chi connectivity index (χ2n) is 7.94. The molecule has 180 valence electrons. The molecule has 0 radical (unpaired) electrons. The van der Waals surface area contributed by atoms with Crippen LogP contribution in [0.4, 0.5) is 5.69 Å². The molecular weight excluding hydrogens is 462 g/mol. The van der Waals surface area contributed by atoms with Crippen molar-refractivity contribution in [1.29, 1.82) is 0 Å². The van der Waals surface area contributed by atoms with Gasteiger partial charge in [-0.3, -0.25) is 13.9 Å². The molecular formula is C24H32ClN3O4S. The maximum absolute atomic E-state index is 13.5. The molecule has 0 fully saturated rings. The molecule has 9 heteroatoms. The molecule has 2 aromatic carbocycles. The Bertz CT molecular complexity index is 1070. The zero-order valence-electron chi connectivity index (χ0n) is 19.5. The van der Waals surface area contributed by atoms with Gasteiger partial charge in [0.05, 0.1) is 11.9 Å². The number of amides is 2. The van der Waals surface area contributed by atoms with Crippen molar-refractivity contribution in [2.45, 2.75) is 46.2 Å². The normalized spacial score (nSPS) is 12.2. The first-order valence-electron chi connectivity index (χ1n) is 10.9. The maximum atomic E-state index is 13.5. The van der Waals surface area contributed by atoms with Gasteiger partial charge < -0.3 is 10.2 Å². The molecule has 0 aliphatic heterocycles. The Morgan fingerprint density at radius 2 is 1.79 bits per heavy atom. The molecule has 2 amide bonds. The number of sulfonamides is 1. The molecule has 0 heterocycles. The predicted molar refractivity (Wildman–Crippen MR) is 133 cm³/mol. The molecule has 0 bridgehead atoms. The van der Waals surface area contributed by atoms with Gasteiger partial charge in [0.25, 0.3) is 0 Å². The van der Waals surface area contributed by atoms with E-state index in [9.17, 15) is 18.0 Å². The van der Waals surface area contributed by atoms with Crippen molar-refractivity contribution in [3.8, 4) is 0 Å². The van der Waals surface area contributed by atoms with Crippen LogP contribution in [0.2, 0.25) is 5.02 Å². The Morgan fingerprint density at radius 1 is 1.09 bits per heavy atom. The second-order valence-corrected chi connectivity index (χ2v) is 10.3. The molecule has 2 aromatic rings. The number of hydrogen-bond acceptors (Lipinski definition) is 4. The third-order valence-electron chi connectivity index (χ3n) is 5.20. The van der Waals surface area contributed by atoms with Crippen molar-refractivity contribution >= 4 is 39.1 Å².